The summed E-state index contributed by atoms with van der Waals surface area (Å²) in [4.78, 5) is 14.7. The van der Waals surface area contributed by atoms with Gasteiger partial charge in [-0.25, -0.2) is 9.97 Å². The van der Waals surface area contributed by atoms with E-state index in [2.05, 4.69) is 10.1 Å². The molecular weight excluding hydrogens is 302 g/mol. The molecule has 5 nitrogen and oxygen atoms in total. The number of aryl methyl sites for hydroxylation is 1. The third kappa shape index (κ3) is 3.79. The molecule has 1 aliphatic carbocycles. The van der Waals surface area contributed by atoms with Crippen LogP contribution < -0.4 is 0 Å². The van der Waals surface area contributed by atoms with Crippen LogP contribution in [0.5, 0.6) is 0 Å². The number of nitrogens with zero attached hydrogens (tertiary/aromatic N) is 3. The first-order chi connectivity index (χ1) is 11.6. The first kappa shape index (κ1) is 16.6. The van der Waals surface area contributed by atoms with E-state index >= 15 is 0 Å². The number of aromatic nitrogens is 2. The van der Waals surface area contributed by atoms with Gasteiger partial charge in [0.1, 0.15) is 12.3 Å². The molecule has 126 valence electrons. The summed E-state index contributed by atoms with van der Waals surface area (Å²) in [5.41, 5.74) is 3.56. The average Bonchev–Trinajstić information content (AvgIpc) is 2.62. The molecule has 1 aromatic carbocycles. The Morgan fingerprint density at radius 1 is 1.21 bits per heavy atom. The highest BCUT2D eigenvalue weighted by Gasteiger charge is 2.21. The van der Waals surface area contributed by atoms with Crippen LogP contribution in [0.25, 0.3) is 11.4 Å². The molecular formula is C19H23N3O2. The number of hydrogen-bond donors (Lipinski definition) is 1. The van der Waals surface area contributed by atoms with E-state index in [1.165, 1.54) is 0 Å². The van der Waals surface area contributed by atoms with Gasteiger partial charge in [0, 0.05) is 17.2 Å². The van der Waals surface area contributed by atoms with Crippen molar-refractivity contribution in [3.63, 3.8) is 0 Å². The number of aliphatic hydroxyl groups excluding tert-OH is 1. The van der Waals surface area contributed by atoms with Crippen molar-refractivity contribution in [2.75, 3.05) is 13.2 Å². The Balaban J connectivity index is 1.86. The third-order valence-corrected chi connectivity index (χ3v) is 4.09. The minimum Gasteiger partial charge on any atom is -0.396 e. The summed E-state index contributed by atoms with van der Waals surface area (Å²) in [5.74, 6) is 0.708. The molecule has 0 saturated carbocycles. The summed E-state index contributed by atoms with van der Waals surface area (Å²) in [6.07, 6.45) is 4.73. The molecule has 0 radical (unpaired) electrons. The van der Waals surface area contributed by atoms with E-state index in [-0.39, 0.29) is 12.0 Å². The first-order valence-electron chi connectivity index (χ1n) is 8.30. The minimum atomic E-state index is -0.303. The van der Waals surface area contributed by atoms with E-state index in [0.29, 0.717) is 12.4 Å². The molecule has 1 aliphatic rings. The maximum atomic E-state index is 9.30. The summed E-state index contributed by atoms with van der Waals surface area (Å²) in [6, 6.07) is 9.94. The molecule has 0 unspecified atom stereocenters. The maximum Gasteiger partial charge on any atom is 0.159 e. The Kier molecular flexibility index (Phi) is 4.90. The molecule has 1 aromatic heterocycles. The van der Waals surface area contributed by atoms with Crippen LogP contribution in [0.2, 0.25) is 0 Å². The normalized spacial score (nSPS) is 16.0. The number of oxime groups is 1. The molecule has 1 heterocycles. The van der Waals surface area contributed by atoms with Gasteiger partial charge < -0.3 is 9.94 Å². The van der Waals surface area contributed by atoms with Crippen molar-refractivity contribution < 1.29 is 9.94 Å². The van der Waals surface area contributed by atoms with Gasteiger partial charge in [0.15, 0.2) is 5.82 Å². The second-order valence-electron chi connectivity index (χ2n) is 6.92. The molecule has 0 bridgehead atoms. The first-order valence-corrected chi connectivity index (χ1v) is 8.30. The van der Waals surface area contributed by atoms with Crippen LogP contribution in [0.15, 0.2) is 41.7 Å². The van der Waals surface area contributed by atoms with Gasteiger partial charge in [0.25, 0.3) is 0 Å². The molecule has 0 aliphatic heterocycles. The lowest BCUT2D eigenvalue weighted by atomic mass is 9.95. The molecule has 3 rings (SSSR count). The van der Waals surface area contributed by atoms with Gasteiger partial charge >= 0.3 is 0 Å². The number of hydrogen-bond acceptors (Lipinski definition) is 5. The predicted octanol–water partition coefficient (Wildman–Crippen LogP) is 3.22. The largest absolute Gasteiger partial charge is 0.396 e. The van der Waals surface area contributed by atoms with Crippen LogP contribution in [0.3, 0.4) is 0 Å². The van der Waals surface area contributed by atoms with Gasteiger partial charge in [0.05, 0.1) is 12.3 Å². The summed E-state index contributed by atoms with van der Waals surface area (Å²) in [5, 5.41) is 13.6. The quantitative estimate of drug-likeness (QED) is 0.857. The molecule has 1 N–H and O–H groups in total. The SMILES string of the molecule is CC(C)(CO)CO/N=C1\CCCc2cnc(-c3ccccc3)nc21. The molecule has 0 fully saturated rings. The van der Waals surface area contributed by atoms with Crippen molar-refractivity contribution in [1.82, 2.24) is 9.97 Å². The molecule has 0 atom stereocenters. The Hall–Kier alpha value is -2.27. The highest BCUT2D eigenvalue weighted by atomic mass is 16.6. The van der Waals surface area contributed by atoms with Crippen LogP contribution in [0.4, 0.5) is 0 Å². The topological polar surface area (TPSA) is 67.6 Å². The monoisotopic (exact) mass is 325 g/mol. The van der Waals surface area contributed by atoms with Crippen molar-refractivity contribution in [3.05, 3.63) is 47.8 Å². The highest BCUT2D eigenvalue weighted by Crippen LogP contribution is 2.23. The second kappa shape index (κ2) is 7.09. The smallest absolute Gasteiger partial charge is 0.159 e. The van der Waals surface area contributed by atoms with Crippen LogP contribution >= 0.6 is 0 Å². The van der Waals surface area contributed by atoms with Crippen molar-refractivity contribution in [2.45, 2.75) is 33.1 Å². The average molecular weight is 325 g/mol. The van der Waals surface area contributed by atoms with E-state index in [1.54, 1.807) is 0 Å². The van der Waals surface area contributed by atoms with Gasteiger partial charge in [-0.3, -0.25) is 0 Å². The van der Waals surface area contributed by atoms with Crippen molar-refractivity contribution in [2.24, 2.45) is 10.6 Å². The van der Waals surface area contributed by atoms with E-state index in [0.717, 1.165) is 41.8 Å². The van der Waals surface area contributed by atoms with Gasteiger partial charge in [-0.2, -0.15) is 0 Å². The Morgan fingerprint density at radius 3 is 2.75 bits per heavy atom. The van der Waals surface area contributed by atoms with Crippen molar-refractivity contribution in [1.29, 1.82) is 0 Å². The molecule has 24 heavy (non-hydrogen) atoms. The van der Waals surface area contributed by atoms with Crippen molar-refractivity contribution in [3.8, 4) is 11.4 Å². The van der Waals surface area contributed by atoms with Crippen LogP contribution in [0.1, 0.15) is 37.9 Å². The van der Waals surface area contributed by atoms with Crippen LogP contribution in [-0.4, -0.2) is 34.0 Å². The van der Waals surface area contributed by atoms with Gasteiger partial charge in [-0.1, -0.05) is 49.3 Å². The van der Waals surface area contributed by atoms with Gasteiger partial charge in [0.2, 0.25) is 0 Å². The zero-order chi connectivity index (χ0) is 17.0. The molecule has 0 spiro atoms. The minimum absolute atomic E-state index is 0.0643. The summed E-state index contributed by atoms with van der Waals surface area (Å²) in [7, 11) is 0. The number of aliphatic hydroxyl groups is 1. The van der Waals surface area contributed by atoms with Crippen molar-refractivity contribution >= 4 is 5.71 Å². The van der Waals surface area contributed by atoms with E-state index in [1.807, 2.05) is 50.4 Å². The van der Waals surface area contributed by atoms with Crippen LogP contribution in [0, 0.1) is 5.41 Å². The van der Waals surface area contributed by atoms with E-state index < -0.39 is 0 Å². The number of benzene rings is 1. The predicted molar refractivity (Wildman–Crippen MR) is 93.8 cm³/mol. The fourth-order valence-corrected chi connectivity index (χ4v) is 2.55. The Bertz CT molecular complexity index is 727. The molecule has 2 aromatic rings. The fourth-order valence-electron chi connectivity index (χ4n) is 2.55. The number of fused-ring (bicyclic) bond motifs is 1. The van der Waals surface area contributed by atoms with E-state index in [4.69, 9.17) is 9.82 Å². The lowest BCUT2D eigenvalue weighted by molar-refractivity contribution is 0.0309. The number of rotatable bonds is 5. The van der Waals surface area contributed by atoms with Crippen LogP contribution in [-0.2, 0) is 11.3 Å². The lowest BCUT2D eigenvalue weighted by Crippen LogP contribution is -2.23. The summed E-state index contributed by atoms with van der Waals surface area (Å²) < 4.78 is 0. The zero-order valence-electron chi connectivity index (χ0n) is 14.2. The maximum absolute atomic E-state index is 9.30. The zero-order valence-corrected chi connectivity index (χ0v) is 14.2. The lowest BCUT2D eigenvalue weighted by Gasteiger charge is -2.21. The second-order valence-corrected chi connectivity index (χ2v) is 6.92. The molecule has 0 amide bonds. The standard InChI is InChI=1S/C19H23N3O2/c1-19(2,12-23)13-24-22-16-10-6-9-15-11-20-18(21-17(15)16)14-7-4-3-5-8-14/h3-5,7-8,11,23H,6,9-10,12-13H2,1-2H3/b22-16+. The Morgan fingerprint density at radius 2 is 2.00 bits per heavy atom. The molecule has 5 heteroatoms. The summed E-state index contributed by atoms with van der Waals surface area (Å²) >= 11 is 0. The summed E-state index contributed by atoms with van der Waals surface area (Å²) in [6.45, 7) is 4.32. The van der Waals surface area contributed by atoms with Gasteiger partial charge in [-0.15, -0.1) is 0 Å². The Labute approximate surface area is 142 Å². The molecule has 0 saturated heterocycles. The third-order valence-electron chi connectivity index (χ3n) is 4.09. The van der Waals surface area contributed by atoms with Gasteiger partial charge in [-0.05, 0) is 24.8 Å². The highest BCUT2D eigenvalue weighted by molar-refractivity contribution is 6.00. The fraction of sp³-hybridized carbons (Fsp3) is 0.421. The van der Waals surface area contributed by atoms with E-state index in [9.17, 15) is 5.11 Å².